The molecule has 0 bridgehead atoms. The zero-order valence-electron chi connectivity index (χ0n) is 17.3. The van der Waals surface area contributed by atoms with Crippen molar-refractivity contribution in [1.82, 2.24) is 9.88 Å². The average Bonchev–Trinajstić information content (AvgIpc) is 3.58. The van der Waals surface area contributed by atoms with Crippen LogP contribution in [0.3, 0.4) is 0 Å². The molecule has 1 saturated carbocycles. The molecule has 6 nitrogen and oxygen atoms in total. The third kappa shape index (κ3) is 4.01. The van der Waals surface area contributed by atoms with Gasteiger partial charge in [0, 0.05) is 28.9 Å². The first-order valence-electron chi connectivity index (χ1n) is 10.5. The van der Waals surface area contributed by atoms with Crippen molar-refractivity contribution in [3.8, 4) is 5.75 Å². The number of rotatable bonds is 6. The number of aryl methyl sites for hydroxylation is 1. The van der Waals surface area contributed by atoms with Gasteiger partial charge >= 0.3 is 0 Å². The van der Waals surface area contributed by atoms with Crippen molar-refractivity contribution >= 4 is 17.6 Å². The predicted molar refractivity (Wildman–Crippen MR) is 117 cm³/mol. The Morgan fingerprint density at radius 3 is 2.68 bits per heavy atom. The summed E-state index contributed by atoms with van der Waals surface area (Å²) in [6.07, 6.45) is 3.77. The summed E-state index contributed by atoms with van der Waals surface area (Å²) in [6.45, 7) is 2.84. The molecule has 5 rings (SSSR count). The standard InChI is InChI=1S/C25H23N3O3/c1-16-7-10-23(26-13-16)27-24(29)18-11-20-21(14-28(25(20)30)19-8-9-19)22(12-18)31-15-17-5-3-2-4-6-17/h2-7,10-13,19H,8-9,14-15H2,1H3,(H,26,27,29). The Labute approximate surface area is 180 Å². The summed E-state index contributed by atoms with van der Waals surface area (Å²) in [5.74, 6) is 0.709. The molecule has 1 aliphatic carbocycles. The van der Waals surface area contributed by atoms with Gasteiger partial charge in [0.25, 0.3) is 11.8 Å². The molecular formula is C25H23N3O3. The third-order valence-electron chi connectivity index (χ3n) is 5.67. The molecule has 0 radical (unpaired) electrons. The highest BCUT2D eigenvalue weighted by Crippen LogP contribution is 2.39. The molecule has 1 aromatic heterocycles. The van der Waals surface area contributed by atoms with Crippen LogP contribution >= 0.6 is 0 Å². The van der Waals surface area contributed by atoms with Crippen LogP contribution in [0.5, 0.6) is 5.75 Å². The van der Waals surface area contributed by atoms with Crippen LogP contribution in [-0.4, -0.2) is 27.7 Å². The number of benzene rings is 2. The van der Waals surface area contributed by atoms with Crippen LogP contribution in [-0.2, 0) is 13.2 Å². The highest BCUT2D eigenvalue weighted by atomic mass is 16.5. The van der Waals surface area contributed by atoms with Crippen molar-refractivity contribution in [1.29, 1.82) is 0 Å². The number of anilines is 1. The van der Waals surface area contributed by atoms with Gasteiger partial charge in [0.05, 0.1) is 6.54 Å². The van der Waals surface area contributed by atoms with Gasteiger partial charge in [-0.1, -0.05) is 36.4 Å². The molecule has 1 fully saturated rings. The Balaban J connectivity index is 1.45. The second-order valence-electron chi connectivity index (χ2n) is 8.11. The molecule has 6 heteroatoms. The number of ether oxygens (including phenoxy) is 1. The van der Waals surface area contributed by atoms with E-state index in [0.717, 1.165) is 29.5 Å². The Morgan fingerprint density at radius 2 is 1.97 bits per heavy atom. The van der Waals surface area contributed by atoms with Crippen LogP contribution in [0.4, 0.5) is 5.82 Å². The van der Waals surface area contributed by atoms with Gasteiger partial charge < -0.3 is 15.0 Å². The quantitative estimate of drug-likeness (QED) is 0.653. The second-order valence-corrected chi connectivity index (χ2v) is 8.11. The lowest BCUT2D eigenvalue weighted by Crippen LogP contribution is -2.26. The van der Waals surface area contributed by atoms with E-state index < -0.39 is 0 Å². The highest BCUT2D eigenvalue weighted by molar-refractivity contribution is 6.07. The SMILES string of the molecule is Cc1ccc(NC(=O)c2cc(OCc3ccccc3)c3c(c2)C(=O)N(C2CC2)C3)nc1. The number of nitrogens with one attached hydrogen (secondary N) is 1. The van der Waals surface area contributed by atoms with E-state index in [2.05, 4.69) is 10.3 Å². The first-order chi connectivity index (χ1) is 15.1. The molecular weight excluding hydrogens is 390 g/mol. The van der Waals surface area contributed by atoms with Crippen LogP contribution < -0.4 is 10.1 Å². The van der Waals surface area contributed by atoms with Gasteiger partial charge in [-0.3, -0.25) is 9.59 Å². The number of carbonyl (C=O) groups excluding carboxylic acids is 2. The summed E-state index contributed by atoms with van der Waals surface area (Å²) in [6, 6.07) is 17.2. The van der Waals surface area contributed by atoms with Gasteiger partial charge in [0.1, 0.15) is 18.2 Å². The van der Waals surface area contributed by atoms with Crippen molar-refractivity contribution in [2.24, 2.45) is 0 Å². The van der Waals surface area contributed by atoms with Crippen molar-refractivity contribution in [2.75, 3.05) is 5.32 Å². The molecule has 1 N–H and O–H groups in total. The lowest BCUT2D eigenvalue weighted by molar-refractivity contribution is 0.0766. The minimum absolute atomic E-state index is 0.0230. The monoisotopic (exact) mass is 413 g/mol. The first-order valence-corrected chi connectivity index (χ1v) is 10.5. The number of nitrogens with zero attached hydrogens (tertiary/aromatic N) is 2. The number of fused-ring (bicyclic) bond motifs is 1. The van der Waals surface area contributed by atoms with Gasteiger partial charge in [-0.2, -0.15) is 0 Å². The zero-order chi connectivity index (χ0) is 21.4. The van der Waals surface area contributed by atoms with E-state index in [1.165, 1.54) is 0 Å². The lowest BCUT2D eigenvalue weighted by atomic mass is 10.0. The number of hydrogen-bond donors (Lipinski definition) is 1. The van der Waals surface area contributed by atoms with Crippen LogP contribution in [0.25, 0.3) is 0 Å². The number of hydrogen-bond acceptors (Lipinski definition) is 4. The topological polar surface area (TPSA) is 71.5 Å². The largest absolute Gasteiger partial charge is 0.489 e. The molecule has 0 spiro atoms. The molecule has 156 valence electrons. The van der Waals surface area contributed by atoms with E-state index in [1.807, 2.05) is 48.2 Å². The molecule has 0 atom stereocenters. The average molecular weight is 413 g/mol. The first kappa shape index (κ1) is 19.3. The maximum absolute atomic E-state index is 13.0. The van der Waals surface area contributed by atoms with E-state index in [4.69, 9.17) is 4.74 Å². The number of pyridine rings is 1. The lowest BCUT2D eigenvalue weighted by Gasteiger charge is -2.14. The smallest absolute Gasteiger partial charge is 0.256 e. The molecule has 0 saturated heterocycles. The molecule has 2 heterocycles. The van der Waals surface area contributed by atoms with Gasteiger partial charge in [-0.25, -0.2) is 4.98 Å². The van der Waals surface area contributed by atoms with Crippen LogP contribution in [0.1, 0.15) is 50.2 Å². The number of aromatic nitrogens is 1. The second kappa shape index (κ2) is 7.87. The zero-order valence-corrected chi connectivity index (χ0v) is 17.3. The highest BCUT2D eigenvalue weighted by Gasteiger charge is 2.40. The molecule has 0 unspecified atom stereocenters. The molecule has 2 amide bonds. The summed E-state index contributed by atoms with van der Waals surface area (Å²) < 4.78 is 6.11. The minimum Gasteiger partial charge on any atom is -0.489 e. The number of amides is 2. The van der Waals surface area contributed by atoms with E-state index in [1.54, 1.807) is 24.4 Å². The maximum Gasteiger partial charge on any atom is 0.256 e. The van der Waals surface area contributed by atoms with Crippen molar-refractivity contribution in [2.45, 2.75) is 39.0 Å². The fourth-order valence-electron chi connectivity index (χ4n) is 3.80. The summed E-state index contributed by atoms with van der Waals surface area (Å²) in [5, 5.41) is 2.81. The Morgan fingerprint density at radius 1 is 1.16 bits per heavy atom. The van der Waals surface area contributed by atoms with Crippen molar-refractivity contribution in [3.05, 3.63) is 88.6 Å². The Hall–Kier alpha value is -3.67. The Bertz CT molecular complexity index is 1140. The molecule has 3 aromatic rings. The van der Waals surface area contributed by atoms with Crippen LogP contribution in [0, 0.1) is 6.92 Å². The van der Waals surface area contributed by atoms with E-state index >= 15 is 0 Å². The fraction of sp³-hybridized carbons (Fsp3) is 0.240. The molecule has 1 aliphatic heterocycles. The van der Waals surface area contributed by atoms with E-state index in [-0.39, 0.29) is 11.8 Å². The fourth-order valence-corrected chi connectivity index (χ4v) is 3.80. The summed E-state index contributed by atoms with van der Waals surface area (Å²) in [5.41, 5.74) is 3.84. The van der Waals surface area contributed by atoms with Gasteiger partial charge in [-0.15, -0.1) is 0 Å². The molecule has 31 heavy (non-hydrogen) atoms. The summed E-state index contributed by atoms with van der Waals surface area (Å²) in [4.78, 5) is 32.1. The summed E-state index contributed by atoms with van der Waals surface area (Å²) >= 11 is 0. The van der Waals surface area contributed by atoms with E-state index in [9.17, 15) is 9.59 Å². The van der Waals surface area contributed by atoms with Crippen molar-refractivity contribution < 1.29 is 14.3 Å². The molecule has 2 aromatic carbocycles. The summed E-state index contributed by atoms with van der Waals surface area (Å²) in [7, 11) is 0. The Kier molecular flexibility index (Phi) is 4.90. The normalized spacial score (nSPS) is 15.0. The van der Waals surface area contributed by atoms with Gasteiger partial charge in [0.2, 0.25) is 0 Å². The predicted octanol–water partition coefficient (Wildman–Crippen LogP) is 4.34. The van der Waals surface area contributed by atoms with Crippen LogP contribution in [0.2, 0.25) is 0 Å². The van der Waals surface area contributed by atoms with Crippen molar-refractivity contribution in [3.63, 3.8) is 0 Å². The van der Waals surface area contributed by atoms with Gasteiger partial charge in [0.15, 0.2) is 0 Å². The van der Waals surface area contributed by atoms with Crippen LogP contribution in [0.15, 0.2) is 60.8 Å². The van der Waals surface area contributed by atoms with E-state index in [0.29, 0.717) is 41.9 Å². The molecule has 2 aliphatic rings. The third-order valence-corrected chi connectivity index (χ3v) is 5.67. The van der Waals surface area contributed by atoms with Gasteiger partial charge in [-0.05, 0) is 49.1 Å². The minimum atomic E-state index is -0.318. The number of carbonyl (C=O) groups is 2. The maximum atomic E-state index is 13.0.